The quantitative estimate of drug-likeness (QED) is 0.646. The van der Waals surface area contributed by atoms with Crippen molar-refractivity contribution in [1.82, 2.24) is 5.32 Å². The van der Waals surface area contributed by atoms with Crippen LogP contribution in [0.15, 0.2) is 83.8 Å². The zero-order valence-electron chi connectivity index (χ0n) is 15.9. The van der Waals surface area contributed by atoms with Crippen LogP contribution < -0.4 is 10.6 Å². The number of hydrogen-bond acceptors (Lipinski definition) is 3. The average Bonchev–Trinajstić information content (AvgIpc) is 3.19. The topological polar surface area (TPSA) is 58.2 Å². The third kappa shape index (κ3) is 4.69. The van der Waals surface area contributed by atoms with Crippen molar-refractivity contribution in [2.24, 2.45) is 0 Å². The predicted molar refractivity (Wildman–Crippen MR) is 117 cm³/mol. The first kappa shape index (κ1) is 19.3. The van der Waals surface area contributed by atoms with E-state index >= 15 is 0 Å². The van der Waals surface area contributed by atoms with Gasteiger partial charge in [-0.25, -0.2) is 0 Å². The van der Waals surface area contributed by atoms with Gasteiger partial charge in [-0.05, 0) is 42.2 Å². The van der Waals surface area contributed by atoms with Crippen molar-refractivity contribution in [3.05, 3.63) is 95.6 Å². The number of para-hydroxylation sites is 1. The third-order valence-electron chi connectivity index (χ3n) is 4.91. The smallest absolute Gasteiger partial charge is 0.253 e. The van der Waals surface area contributed by atoms with Crippen LogP contribution >= 0.6 is 11.8 Å². The van der Waals surface area contributed by atoms with Gasteiger partial charge < -0.3 is 10.6 Å². The molecule has 2 N–H and O–H groups in total. The van der Waals surface area contributed by atoms with Crippen LogP contribution in [0.1, 0.15) is 21.5 Å². The van der Waals surface area contributed by atoms with E-state index in [9.17, 15) is 9.59 Å². The molecule has 1 aliphatic rings. The fourth-order valence-corrected chi connectivity index (χ4v) is 4.59. The van der Waals surface area contributed by atoms with E-state index in [2.05, 4.69) is 16.7 Å². The molecule has 4 rings (SSSR count). The Morgan fingerprint density at radius 1 is 0.897 bits per heavy atom. The largest absolute Gasteiger partial charge is 0.352 e. The molecule has 0 aliphatic carbocycles. The van der Waals surface area contributed by atoms with Gasteiger partial charge in [-0.15, -0.1) is 11.8 Å². The van der Waals surface area contributed by atoms with Gasteiger partial charge in [0.2, 0.25) is 5.91 Å². The molecule has 1 unspecified atom stereocenters. The first-order chi connectivity index (χ1) is 14.2. The molecule has 1 aliphatic heterocycles. The van der Waals surface area contributed by atoms with Crippen LogP contribution in [0.4, 0.5) is 5.69 Å². The minimum atomic E-state index is -0.181. The van der Waals surface area contributed by atoms with Crippen LogP contribution in [0.3, 0.4) is 0 Å². The number of anilines is 1. The molecular weight excluding hydrogens is 380 g/mol. The van der Waals surface area contributed by atoms with Crippen molar-refractivity contribution in [2.45, 2.75) is 23.0 Å². The van der Waals surface area contributed by atoms with Crippen LogP contribution in [0.2, 0.25) is 0 Å². The molecule has 3 aromatic carbocycles. The Morgan fingerprint density at radius 2 is 1.62 bits per heavy atom. The van der Waals surface area contributed by atoms with E-state index in [0.717, 1.165) is 11.3 Å². The number of fused-ring (bicyclic) bond motifs is 1. The van der Waals surface area contributed by atoms with Gasteiger partial charge in [0.25, 0.3) is 5.91 Å². The lowest BCUT2D eigenvalue weighted by Gasteiger charge is -2.14. The van der Waals surface area contributed by atoms with Gasteiger partial charge in [0.15, 0.2) is 0 Å². The number of nitrogens with one attached hydrogen (secondary N) is 2. The highest BCUT2D eigenvalue weighted by molar-refractivity contribution is 8.01. The zero-order valence-corrected chi connectivity index (χ0v) is 16.7. The summed E-state index contributed by atoms with van der Waals surface area (Å²) in [6, 6.07) is 25.3. The number of amides is 2. The van der Waals surface area contributed by atoms with Crippen LogP contribution in [-0.2, 0) is 17.6 Å². The average molecular weight is 403 g/mol. The highest BCUT2D eigenvalue weighted by atomic mass is 32.2. The lowest BCUT2D eigenvalue weighted by molar-refractivity contribution is -0.115. The standard InChI is InChI=1S/C24H22N2O2S/c27-23(25-15-14-17-8-2-1-3-9-17)19-11-5-6-12-20(19)26-24(28)22-16-18-10-4-7-13-21(18)29-22/h1-13,22H,14-16H2,(H,25,27)(H,26,28). The van der Waals surface area contributed by atoms with Crippen molar-refractivity contribution in [2.75, 3.05) is 11.9 Å². The Labute approximate surface area is 174 Å². The molecule has 3 aromatic rings. The van der Waals surface area contributed by atoms with Crippen LogP contribution in [0.5, 0.6) is 0 Å². The van der Waals surface area contributed by atoms with Crippen molar-refractivity contribution >= 4 is 29.3 Å². The van der Waals surface area contributed by atoms with Crippen molar-refractivity contribution in [3.63, 3.8) is 0 Å². The minimum Gasteiger partial charge on any atom is -0.352 e. The second kappa shape index (κ2) is 8.97. The van der Waals surface area contributed by atoms with E-state index in [4.69, 9.17) is 0 Å². The summed E-state index contributed by atoms with van der Waals surface area (Å²) in [7, 11) is 0. The Morgan fingerprint density at radius 3 is 2.45 bits per heavy atom. The molecule has 0 aromatic heterocycles. The first-order valence-corrected chi connectivity index (χ1v) is 10.6. The third-order valence-corrected chi connectivity index (χ3v) is 6.23. The molecular formula is C24H22N2O2S. The summed E-state index contributed by atoms with van der Waals surface area (Å²) < 4.78 is 0. The molecule has 1 atom stereocenters. The zero-order chi connectivity index (χ0) is 20.1. The van der Waals surface area contributed by atoms with Gasteiger partial charge in [-0.2, -0.15) is 0 Å². The number of carbonyl (C=O) groups excluding carboxylic acids is 2. The molecule has 1 heterocycles. The normalized spacial score (nSPS) is 14.8. The summed E-state index contributed by atoms with van der Waals surface area (Å²) in [6.07, 6.45) is 1.47. The molecule has 5 heteroatoms. The second-order valence-corrected chi connectivity index (χ2v) is 8.19. The molecule has 0 radical (unpaired) electrons. The number of benzene rings is 3. The second-order valence-electron chi connectivity index (χ2n) is 6.94. The van der Waals surface area contributed by atoms with Gasteiger partial charge in [-0.1, -0.05) is 60.7 Å². The first-order valence-electron chi connectivity index (χ1n) is 9.67. The predicted octanol–water partition coefficient (Wildman–Crippen LogP) is 4.31. The highest BCUT2D eigenvalue weighted by Gasteiger charge is 2.28. The Hall–Kier alpha value is -3.05. The van der Waals surface area contributed by atoms with Gasteiger partial charge in [0.05, 0.1) is 16.5 Å². The lowest BCUT2D eigenvalue weighted by atomic mass is 10.1. The van der Waals surface area contributed by atoms with E-state index < -0.39 is 0 Å². The number of thioether (sulfide) groups is 1. The number of rotatable bonds is 6. The lowest BCUT2D eigenvalue weighted by Crippen LogP contribution is -2.29. The summed E-state index contributed by atoms with van der Waals surface area (Å²) in [5.74, 6) is -0.255. The van der Waals surface area contributed by atoms with E-state index in [0.29, 0.717) is 24.2 Å². The summed E-state index contributed by atoms with van der Waals surface area (Å²) in [6.45, 7) is 0.541. The van der Waals surface area contributed by atoms with Gasteiger partial charge >= 0.3 is 0 Å². The maximum Gasteiger partial charge on any atom is 0.253 e. The van der Waals surface area contributed by atoms with Crippen LogP contribution in [-0.4, -0.2) is 23.6 Å². The number of hydrogen-bond donors (Lipinski definition) is 2. The van der Waals surface area contributed by atoms with Crippen LogP contribution in [0.25, 0.3) is 0 Å². The molecule has 0 saturated heterocycles. The highest BCUT2D eigenvalue weighted by Crippen LogP contribution is 2.37. The molecule has 29 heavy (non-hydrogen) atoms. The maximum absolute atomic E-state index is 12.8. The fourth-order valence-electron chi connectivity index (χ4n) is 3.39. The molecule has 0 spiro atoms. The van der Waals surface area contributed by atoms with Crippen LogP contribution in [0, 0.1) is 0 Å². The van der Waals surface area contributed by atoms with E-state index in [1.165, 1.54) is 11.1 Å². The SMILES string of the molecule is O=C(NCCc1ccccc1)c1ccccc1NC(=O)C1Cc2ccccc2S1. The summed E-state index contributed by atoms with van der Waals surface area (Å²) in [4.78, 5) is 26.6. The van der Waals surface area contributed by atoms with E-state index in [-0.39, 0.29) is 17.1 Å². The minimum absolute atomic E-state index is 0.0734. The molecule has 0 saturated carbocycles. The molecule has 4 nitrogen and oxygen atoms in total. The van der Waals surface area contributed by atoms with E-state index in [1.54, 1.807) is 23.9 Å². The Kier molecular flexibility index (Phi) is 5.96. The van der Waals surface area contributed by atoms with Crippen molar-refractivity contribution < 1.29 is 9.59 Å². The van der Waals surface area contributed by atoms with Gasteiger partial charge in [-0.3, -0.25) is 9.59 Å². The monoisotopic (exact) mass is 402 g/mol. The molecule has 2 amide bonds. The Bertz CT molecular complexity index is 995. The molecule has 0 bridgehead atoms. The van der Waals surface area contributed by atoms with Gasteiger partial charge in [0, 0.05) is 11.4 Å². The molecule has 146 valence electrons. The number of carbonyl (C=O) groups is 2. The summed E-state index contributed by atoms with van der Waals surface area (Å²) in [5.41, 5.74) is 3.40. The summed E-state index contributed by atoms with van der Waals surface area (Å²) >= 11 is 1.58. The van der Waals surface area contributed by atoms with Crippen molar-refractivity contribution in [3.8, 4) is 0 Å². The Balaban J connectivity index is 1.38. The van der Waals surface area contributed by atoms with E-state index in [1.807, 2.05) is 60.7 Å². The van der Waals surface area contributed by atoms with Crippen molar-refractivity contribution in [1.29, 1.82) is 0 Å². The molecule has 0 fully saturated rings. The van der Waals surface area contributed by atoms with Gasteiger partial charge in [0.1, 0.15) is 0 Å². The fraction of sp³-hybridized carbons (Fsp3) is 0.167. The maximum atomic E-state index is 12.8. The summed E-state index contributed by atoms with van der Waals surface area (Å²) in [5, 5.41) is 5.73.